The molecule has 0 saturated heterocycles. The Balaban J connectivity index is 2.10. The maximum Gasteiger partial charge on any atom is 0.422 e. The molecule has 5 nitrogen and oxygen atoms in total. The Kier molecular flexibility index (Phi) is 3.70. The Hall–Kier alpha value is -1.77. The topological polar surface area (TPSA) is 63.7 Å². The zero-order valence-corrected chi connectivity index (χ0v) is 9.63. The summed E-state index contributed by atoms with van der Waals surface area (Å²) in [5.74, 6) is -0.0868. The quantitative estimate of drug-likeness (QED) is 0.928. The highest BCUT2D eigenvalue weighted by atomic mass is 32.2. The number of rotatable bonds is 4. The fourth-order valence-corrected chi connectivity index (χ4v) is 1.81. The lowest BCUT2D eigenvalue weighted by molar-refractivity contribution is -0.154. The van der Waals surface area contributed by atoms with E-state index in [-0.39, 0.29) is 5.88 Å². The largest absolute Gasteiger partial charge is 0.467 e. The summed E-state index contributed by atoms with van der Waals surface area (Å²) in [6.07, 6.45) is -1.74. The van der Waals surface area contributed by atoms with Crippen LogP contribution in [0.4, 0.5) is 13.2 Å². The van der Waals surface area contributed by atoms with Crippen LogP contribution in [0.1, 0.15) is 0 Å². The molecule has 0 spiro atoms. The van der Waals surface area contributed by atoms with Gasteiger partial charge in [-0.3, -0.25) is 5.10 Å². The van der Waals surface area contributed by atoms with Crippen LogP contribution >= 0.6 is 11.8 Å². The third-order valence-electron chi connectivity index (χ3n) is 1.71. The van der Waals surface area contributed by atoms with Crippen molar-refractivity contribution in [2.24, 2.45) is 0 Å². The zero-order chi connectivity index (χ0) is 13.0. The zero-order valence-electron chi connectivity index (χ0n) is 8.81. The van der Waals surface area contributed by atoms with Crippen molar-refractivity contribution in [2.45, 2.75) is 16.2 Å². The second-order valence-electron chi connectivity index (χ2n) is 3.10. The second kappa shape index (κ2) is 5.25. The first-order valence-corrected chi connectivity index (χ1v) is 5.54. The van der Waals surface area contributed by atoms with Gasteiger partial charge in [-0.1, -0.05) is 0 Å². The highest BCUT2D eigenvalue weighted by molar-refractivity contribution is 7.99. The van der Waals surface area contributed by atoms with Gasteiger partial charge in [-0.25, -0.2) is 9.97 Å². The van der Waals surface area contributed by atoms with Crippen molar-refractivity contribution in [1.82, 2.24) is 20.2 Å². The number of nitrogens with one attached hydrogen (secondary N) is 1. The van der Waals surface area contributed by atoms with Crippen LogP contribution in [-0.4, -0.2) is 32.9 Å². The number of hydrogen-bond donors (Lipinski definition) is 1. The molecule has 18 heavy (non-hydrogen) atoms. The molecule has 0 aliphatic carbocycles. The van der Waals surface area contributed by atoms with Crippen LogP contribution in [0.2, 0.25) is 0 Å². The number of pyridine rings is 1. The third-order valence-corrected chi connectivity index (χ3v) is 2.63. The highest BCUT2D eigenvalue weighted by Gasteiger charge is 2.29. The van der Waals surface area contributed by atoms with Crippen LogP contribution in [0.3, 0.4) is 0 Å². The molecule has 2 heterocycles. The molecule has 0 unspecified atom stereocenters. The third kappa shape index (κ3) is 3.62. The van der Waals surface area contributed by atoms with E-state index < -0.39 is 12.8 Å². The molecule has 0 aromatic carbocycles. The molecule has 0 amide bonds. The average molecular weight is 276 g/mol. The number of alkyl halides is 3. The highest BCUT2D eigenvalue weighted by Crippen LogP contribution is 2.31. The van der Waals surface area contributed by atoms with Gasteiger partial charge < -0.3 is 4.74 Å². The van der Waals surface area contributed by atoms with Crippen molar-refractivity contribution in [3.05, 3.63) is 24.7 Å². The number of nitrogens with zero attached hydrogens (tertiary/aromatic N) is 3. The lowest BCUT2D eigenvalue weighted by Crippen LogP contribution is -2.19. The molecule has 0 aliphatic rings. The molecule has 9 heteroatoms. The first kappa shape index (κ1) is 12.7. The van der Waals surface area contributed by atoms with Gasteiger partial charge in [0.1, 0.15) is 6.33 Å². The number of ether oxygens (including phenoxy) is 1. The molecule has 1 N–H and O–H groups in total. The summed E-state index contributed by atoms with van der Waals surface area (Å²) in [7, 11) is 0. The predicted molar refractivity (Wildman–Crippen MR) is 56.3 cm³/mol. The average Bonchev–Trinajstić information content (AvgIpc) is 2.80. The number of hydrogen-bond acceptors (Lipinski definition) is 5. The minimum atomic E-state index is -4.40. The van der Waals surface area contributed by atoms with Crippen LogP contribution in [-0.2, 0) is 0 Å². The minimum absolute atomic E-state index is 0.0868. The molecule has 0 fully saturated rings. The molecule has 0 saturated carbocycles. The van der Waals surface area contributed by atoms with E-state index >= 15 is 0 Å². The van der Waals surface area contributed by atoms with E-state index in [9.17, 15) is 13.2 Å². The molecule has 0 aliphatic heterocycles. The summed E-state index contributed by atoms with van der Waals surface area (Å²) in [6.45, 7) is -1.38. The van der Waals surface area contributed by atoms with E-state index in [1.54, 1.807) is 12.1 Å². The molecule has 0 bridgehead atoms. The lowest BCUT2D eigenvalue weighted by atomic mass is 10.5. The van der Waals surface area contributed by atoms with Crippen molar-refractivity contribution in [3.63, 3.8) is 0 Å². The summed E-state index contributed by atoms with van der Waals surface area (Å²) in [6, 6.07) is 3.19. The van der Waals surface area contributed by atoms with Gasteiger partial charge in [0.25, 0.3) is 0 Å². The van der Waals surface area contributed by atoms with E-state index in [1.807, 2.05) is 0 Å². The Morgan fingerprint density at radius 1 is 1.33 bits per heavy atom. The maximum absolute atomic E-state index is 12.1. The minimum Gasteiger partial charge on any atom is -0.467 e. The fraction of sp³-hybridized carbons (Fsp3) is 0.222. The molecule has 0 atom stereocenters. The Morgan fingerprint density at radius 3 is 2.83 bits per heavy atom. The molecule has 96 valence electrons. The maximum atomic E-state index is 12.1. The molecule has 2 aromatic heterocycles. The van der Waals surface area contributed by atoms with Crippen LogP contribution in [0.5, 0.6) is 5.88 Å². The first-order chi connectivity index (χ1) is 8.54. The van der Waals surface area contributed by atoms with Crippen LogP contribution in [0.25, 0.3) is 0 Å². The van der Waals surface area contributed by atoms with E-state index in [2.05, 4.69) is 24.9 Å². The van der Waals surface area contributed by atoms with Gasteiger partial charge in [-0.15, -0.1) is 0 Å². The molecule has 0 radical (unpaired) electrons. The van der Waals surface area contributed by atoms with Crippen molar-refractivity contribution in [3.8, 4) is 5.88 Å². The Morgan fingerprint density at radius 2 is 2.17 bits per heavy atom. The van der Waals surface area contributed by atoms with Crippen molar-refractivity contribution < 1.29 is 17.9 Å². The van der Waals surface area contributed by atoms with E-state index in [0.29, 0.717) is 10.1 Å². The number of aromatic amines is 1. The van der Waals surface area contributed by atoms with E-state index in [4.69, 9.17) is 0 Å². The van der Waals surface area contributed by atoms with Crippen LogP contribution in [0, 0.1) is 0 Å². The summed E-state index contributed by atoms with van der Waals surface area (Å²) < 4.78 is 40.8. The number of aromatic nitrogens is 4. The molecule has 2 rings (SSSR count). The summed E-state index contributed by atoms with van der Waals surface area (Å²) in [4.78, 5) is 8.04. The van der Waals surface area contributed by atoms with E-state index in [1.165, 1.54) is 12.5 Å². The smallest absolute Gasteiger partial charge is 0.422 e. The molecule has 2 aromatic rings. The van der Waals surface area contributed by atoms with Crippen LogP contribution in [0.15, 0.2) is 34.7 Å². The van der Waals surface area contributed by atoms with Gasteiger partial charge >= 0.3 is 6.18 Å². The van der Waals surface area contributed by atoms with Gasteiger partial charge in [0.2, 0.25) is 5.88 Å². The van der Waals surface area contributed by atoms with Crippen molar-refractivity contribution in [2.75, 3.05) is 6.61 Å². The SMILES string of the molecule is FC(F)(F)COc1ncccc1Sc1ncn[nH]1. The standard InChI is InChI=1S/C9H7F3N4OS/c10-9(11,12)4-17-7-6(2-1-3-13-7)18-8-14-5-15-16-8/h1-3,5H,4H2,(H,14,15,16). The van der Waals surface area contributed by atoms with Gasteiger partial charge in [0.05, 0.1) is 4.90 Å². The van der Waals surface area contributed by atoms with Crippen molar-refractivity contribution in [1.29, 1.82) is 0 Å². The molecular weight excluding hydrogens is 269 g/mol. The Bertz CT molecular complexity index is 503. The monoisotopic (exact) mass is 276 g/mol. The number of halogens is 3. The second-order valence-corrected chi connectivity index (χ2v) is 4.13. The van der Waals surface area contributed by atoms with Gasteiger partial charge in [0, 0.05) is 6.20 Å². The summed E-state index contributed by atoms with van der Waals surface area (Å²) in [5.41, 5.74) is 0. The first-order valence-electron chi connectivity index (χ1n) is 4.72. The van der Waals surface area contributed by atoms with Gasteiger partial charge in [-0.05, 0) is 23.9 Å². The predicted octanol–water partition coefficient (Wildman–Crippen LogP) is 2.29. The molecular formula is C9H7F3N4OS. The van der Waals surface area contributed by atoms with E-state index in [0.717, 1.165) is 11.8 Å². The summed E-state index contributed by atoms with van der Waals surface area (Å²) >= 11 is 1.09. The fourth-order valence-electron chi connectivity index (χ4n) is 1.06. The van der Waals surface area contributed by atoms with Gasteiger partial charge in [0.15, 0.2) is 11.8 Å². The van der Waals surface area contributed by atoms with Crippen LogP contribution < -0.4 is 4.74 Å². The Labute approximate surface area is 104 Å². The van der Waals surface area contributed by atoms with Gasteiger partial charge in [-0.2, -0.15) is 18.3 Å². The number of H-pyrrole nitrogens is 1. The lowest BCUT2D eigenvalue weighted by Gasteiger charge is -2.10. The van der Waals surface area contributed by atoms with Crippen molar-refractivity contribution >= 4 is 11.8 Å². The summed E-state index contributed by atoms with van der Waals surface area (Å²) in [5, 5.41) is 6.66. The normalized spacial score (nSPS) is 11.5.